The number of hydrogen-bond acceptors (Lipinski definition) is 11. The van der Waals surface area contributed by atoms with Gasteiger partial charge in [-0.2, -0.15) is 28.5 Å². The molecule has 46 heavy (non-hydrogen) atoms. The van der Waals surface area contributed by atoms with Crippen molar-refractivity contribution in [3.05, 3.63) is 87.6 Å². The number of nitrogens with zero attached hydrogens (tertiary/aromatic N) is 7. The molecule has 15 heteroatoms. The topological polar surface area (TPSA) is 144 Å². The summed E-state index contributed by atoms with van der Waals surface area (Å²) in [5.41, 5.74) is -1.92. The van der Waals surface area contributed by atoms with Gasteiger partial charge in [0.15, 0.2) is 5.82 Å². The summed E-state index contributed by atoms with van der Waals surface area (Å²) in [5.74, 6) is 2.29. The third-order valence-corrected chi connectivity index (χ3v) is 7.71. The molecule has 1 aliphatic heterocycles. The van der Waals surface area contributed by atoms with E-state index in [0.29, 0.717) is 22.7 Å². The SMILES string of the molecule is COc1ccc(Cn2ncc(NC(C)COCc3nc(C4CCN(c5ccc(C#N)cn5)C(C)C4)no3)c(C(F)(F)F)c2=O)cc1. The highest BCUT2D eigenvalue weighted by molar-refractivity contribution is 5.50. The summed E-state index contributed by atoms with van der Waals surface area (Å²) in [5, 5.41) is 19.8. The van der Waals surface area contributed by atoms with Gasteiger partial charge in [0.25, 0.3) is 11.4 Å². The average molecular weight is 639 g/mol. The van der Waals surface area contributed by atoms with Crippen molar-refractivity contribution < 1.29 is 27.2 Å². The van der Waals surface area contributed by atoms with Crippen LogP contribution in [0.25, 0.3) is 0 Å². The summed E-state index contributed by atoms with van der Waals surface area (Å²) in [4.78, 5) is 23.9. The van der Waals surface area contributed by atoms with E-state index in [1.54, 1.807) is 43.5 Å². The summed E-state index contributed by atoms with van der Waals surface area (Å²) in [6, 6.07) is 11.8. The molecule has 3 unspecified atom stereocenters. The highest BCUT2D eigenvalue weighted by Gasteiger charge is 2.38. The number of piperidine rings is 1. The van der Waals surface area contributed by atoms with Gasteiger partial charge in [0.05, 0.1) is 37.7 Å². The van der Waals surface area contributed by atoms with Gasteiger partial charge in [-0.3, -0.25) is 4.79 Å². The Labute approximate surface area is 262 Å². The molecule has 4 heterocycles. The van der Waals surface area contributed by atoms with Crippen molar-refractivity contribution >= 4 is 11.5 Å². The van der Waals surface area contributed by atoms with Crippen molar-refractivity contribution in [2.24, 2.45) is 0 Å². The Morgan fingerprint density at radius 3 is 2.63 bits per heavy atom. The molecule has 1 N–H and O–H groups in total. The van der Waals surface area contributed by atoms with Gasteiger partial charge in [0, 0.05) is 30.7 Å². The van der Waals surface area contributed by atoms with Crippen molar-refractivity contribution in [1.82, 2.24) is 24.9 Å². The first-order chi connectivity index (χ1) is 22.0. The van der Waals surface area contributed by atoms with Gasteiger partial charge in [-0.1, -0.05) is 17.3 Å². The van der Waals surface area contributed by atoms with Crippen molar-refractivity contribution in [2.75, 3.05) is 30.5 Å². The highest BCUT2D eigenvalue weighted by Crippen LogP contribution is 2.33. The smallest absolute Gasteiger partial charge is 0.423 e. The third-order valence-electron chi connectivity index (χ3n) is 7.71. The molecule has 0 bridgehead atoms. The Morgan fingerprint density at radius 1 is 1.20 bits per heavy atom. The van der Waals surface area contributed by atoms with Gasteiger partial charge < -0.3 is 24.2 Å². The molecule has 0 amide bonds. The molecule has 5 rings (SSSR count). The first-order valence-electron chi connectivity index (χ1n) is 14.7. The van der Waals surface area contributed by atoms with Gasteiger partial charge in [-0.25, -0.2) is 9.67 Å². The van der Waals surface area contributed by atoms with Gasteiger partial charge in [-0.05, 0) is 56.5 Å². The minimum atomic E-state index is -4.91. The first-order valence-corrected chi connectivity index (χ1v) is 14.7. The van der Waals surface area contributed by atoms with Gasteiger partial charge in [0.1, 0.15) is 29.8 Å². The quantitative estimate of drug-likeness (QED) is 0.243. The number of pyridine rings is 1. The van der Waals surface area contributed by atoms with Gasteiger partial charge in [-0.15, -0.1) is 0 Å². The number of alkyl halides is 3. The maximum absolute atomic E-state index is 14.0. The second-order valence-corrected chi connectivity index (χ2v) is 11.1. The molecule has 242 valence electrons. The molecule has 1 aromatic carbocycles. The first kappa shape index (κ1) is 32.4. The van der Waals surface area contributed by atoms with Crippen LogP contribution in [0.5, 0.6) is 5.75 Å². The number of aromatic nitrogens is 5. The maximum Gasteiger partial charge on any atom is 0.423 e. The summed E-state index contributed by atoms with van der Waals surface area (Å²) in [6.07, 6.45) is -0.795. The lowest BCUT2D eigenvalue weighted by Crippen LogP contribution is -2.40. The van der Waals surface area contributed by atoms with Crippen LogP contribution in [0.2, 0.25) is 0 Å². The molecule has 1 fully saturated rings. The number of rotatable bonds is 11. The van der Waals surface area contributed by atoms with E-state index in [9.17, 15) is 18.0 Å². The second kappa shape index (κ2) is 14.0. The van der Waals surface area contributed by atoms with E-state index in [0.717, 1.165) is 36.1 Å². The largest absolute Gasteiger partial charge is 0.497 e. The fourth-order valence-corrected chi connectivity index (χ4v) is 5.38. The molecule has 1 saturated heterocycles. The third kappa shape index (κ3) is 7.63. The molecule has 3 atom stereocenters. The zero-order valence-corrected chi connectivity index (χ0v) is 25.5. The van der Waals surface area contributed by atoms with E-state index in [4.69, 9.17) is 19.3 Å². The monoisotopic (exact) mass is 638 g/mol. The molecule has 0 saturated carbocycles. The number of benzene rings is 1. The van der Waals surface area contributed by atoms with Crippen LogP contribution in [-0.4, -0.2) is 57.3 Å². The normalized spacial score (nSPS) is 17.4. The molecule has 0 radical (unpaired) electrons. The predicted molar refractivity (Wildman–Crippen MR) is 160 cm³/mol. The van der Waals surface area contributed by atoms with Crippen LogP contribution in [0.4, 0.5) is 24.7 Å². The Balaban J connectivity index is 1.15. The zero-order chi connectivity index (χ0) is 32.8. The summed E-state index contributed by atoms with van der Waals surface area (Å²) < 4.78 is 58.9. The van der Waals surface area contributed by atoms with Crippen LogP contribution in [0.3, 0.4) is 0 Å². The number of halogens is 3. The zero-order valence-electron chi connectivity index (χ0n) is 25.5. The lowest BCUT2D eigenvalue weighted by Gasteiger charge is -2.37. The van der Waals surface area contributed by atoms with E-state index in [2.05, 4.69) is 43.4 Å². The Hall–Kier alpha value is -4.97. The minimum Gasteiger partial charge on any atom is -0.497 e. The van der Waals surface area contributed by atoms with Gasteiger partial charge in [0.2, 0.25) is 0 Å². The van der Waals surface area contributed by atoms with E-state index in [-0.39, 0.29) is 37.6 Å². The Kier molecular flexibility index (Phi) is 9.86. The molecule has 0 spiro atoms. The van der Waals surface area contributed by atoms with Crippen molar-refractivity contribution in [2.45, 2.75) is 64.0 Å². The van der Waals surface area contributed by atoms with Gasteiger partial charge >= 0.3 is 6.18 Å². The number of hydrogen-bond donors (Lipinski definition) is 1. The number of anilines is 2. The van der Waals surface area contributed by atoms with E-state index >= 15 is 0 Å². The van der Waals surface area contributed by atoms with Crippen molar-refractivity contribution in [1.29, 1.82) is 5.26 Å². The number of nitrogens with one attached hydrogen (secondary N) is 1. The Bertz CT molecular complexity index is 1720. The number of nitriles is 1. The lowest BCUT2D eigenvalue weighted by molar-refractivity contribution is -0.138. The van der Waals surface area contributed by atoms with Crippen LogP contribution in [0.15, 0.2) is 58.1 Å². The van der Waals surface area contributed by atoms with E-state index in [1.165, 1.54) is 7.11 Å². The Morgan fingerprint density at radius 2 is 1.98 bits per heavy atom. The predicted octanol–water partition coefficient (Wildman–Crippen LogP) is 4.76. The maximum atomic E-state index is 14.0. The summed E-state index contributed by atoms with van der Waals surface area (Å²) in [6.45, 7) is 4.28. The molecule has 1 aliphatic rings. The molecular formula is C31H33F3N8O4. The fourth-order valence-electron chi connectivity index (χ4n) is 5.38. The minimum absolute atomic E-state index is 0.00302. The standard InChI is InChI=1S/C31H33F3N8O4/c1-19(38-25-15-37-42(30(43)28(25)31(32,33)34)16-21-4-7-24(44-3)8-5-21)17-45-18-27-39-29(40-46-27)23-10-11-41(20(2)12-23)26-9-6-22(13-35)14-36-26/h4-9,14-15,19-20,23,38H,10-12,16-18H2,1-3H3. The van der Waals surface area contributed by atoms with Crippen LogP contribution < -0.4 is 20.5 Å². The molecular weight excluding hydrogens is 605 g/mol. The van der Waals surface area contributed by atoms with Crippen molar-refractivity contribution in [3.8, 4) is 11.8 Å². The van der Waals surface area contributed by atoms with Crippen LogP contribution in [-0.2, 0) is 24.1 Å². The molecule has 12 nitrogen and oxygen atoms in total. The van der Waals surface area contributed by atoms with Crippen molar-refractivity contribution in [3.63, 3.8) is 0 Å². The van der Waals surface area contributed by atoms with E-state index in [1.807, 2.05) is 6.07 Å². The molecule has 4 aromatic rings. The fraction of sp³-hybridized carbons (Fsp3) is 0.419. The molecule has 0 aliphatic carbocycles. The summed E-state index contributed by atoms with van der Waals surface area (Å²) >= 11 is 0. The lowest BCUT2D eigenvalue weighted by atomic mass is 9.91. The van der Waals surface area contributed by atoms with Crippen LogP contribution in [0, 0.1) is 11.3 Å². The number of methoxy groups -OCH3 is 1. The molecule has 3 aromatic heterocycles. The highest BCUT2D eigenvalue weighted by atomic mass is 19.4. The second-order valence-electron chi connectivity index (χ2n) is 11.1. The van der Waals surface area contributed by atoms with E-state index < -0.39 is 29.0 Å². The average Bonchev–Trinajstić information content (AvgIpc) is 3.51. The number of ether oxygens (including phenoxy) is 2. The van der Waals surface area contributed by atoms with Crippen LogP contribution >= 0.6 is 0 Å². The van der Waals surface area contributed by atoms with Crippen LogP contribution in [0.1, 0.15) is 61.0 Å². The summed E-state index contributed by atoms with van der Waals surface area (Å²) in [7, 11) is 1.50.